The number of likely N-dealkylation sites (N-methyl/N-ethyl adjacent to an activating group) is 1. The van der Waals surface area contributed by atoms with Gasteiger partial charge in [0.25, 0.3) is 11.5 Å². The number of nitrogens with two attached hydrogens (primary N) is 1. The van der Waals surface area contributed by atoms with Crippen LogP contribution in [0.2, 0.25) is 5.02 Å². The molecule has 0 fully saturated rings. The lowest BCUT2D eigenvalue weighted by Gasteiger charge is -2.36. The van der Waals surface area contributed by atoms with Gasteiger partial charge in [0, 0.05) is 48.9 Å². The molecule has 0 aliphatic carbocycles. The molecule has 9 heteroatoms. The van der Waals surface area contributed by atoms with E-state index in [2.05, 4.69) is 16.8 Å². The van der Waals surface area contributed by atoms with Crippen LogP contribution in [-0.2, 0) is 12.6 Å². The average molecular weight is 600 g/mol. The molecule has 43 heavy (non-hydrogen) atoms. The van der Waals surface area contributed by atoms with Gasteiger partial charge in [0.1, 0.15) is 0 Å². The molecule has 1 aromatic heterocycles. The number of hydrogen-bond acceptors (Lipinski definition) is 6. The van der Waals surface area contributed by atoms with Crippen molar-refractivity contribution < 1.29 is 9.90 Å². The molecule has 0 saturated carbocycles. The maximum atomic E-state index is 12.9. The minimum Gasteiger partial charge on any atom is -0.403 e. The van der Waals surface area contributed by atoms with E-state index in [1.165, 1.54) is 6.20 Å². The zero-order chi connectivity index (χ0) is 31.3. The van der Waals surface area contributed by atoms with E-state index in [-0.39, 0.29) is 11.5 Å². The Labute approximate surface area is 257 Å². The van der Waals surface area contributed by atoms with Gasteiger partial charge in [0.05, 0.1) is 11.2 Å². The number of nitrogens with one attached hydrogen (secondary N) is 1. The largest absolute Gasteiger partial charge is 0.403 e. The fourth-order valence-corrected chi connectivity index (χ4v) is 5.39. The van der Waals surface area contributed by atoms with Gasteiger partial charge in [0.15, 0.2) is 5.60 Å². The van der Waals surface area contributed by atoms with E-state index in [9.17, 15) is 14.7 Å². The Bertz CT molecular complexity index is 1730. The number of halogens is 1. The number of carbonyl (C=O) groups excluding carboxylic acids is 1. The second kappa shape index (κ2) is 13.3. The molecule has 0 aliphatic heterocycles. The normalized spacial score (nSPS) is 13.1. The zero-order valence-corrected chi connectivity index (χ0v) is 25.7. The molecule has 8 nitrogen and oxygen atoms in total. The molecule has 0 aliphatic rings. The Hall–Kier alpha value is -4.37. The lowest BCUT2D eigenvalue weighted by atomic mass is 9.81. The lowest BCUT2D eigenvalue weighted by molar-refractivity contribution is 0.0942. The van der Waals surface area contributed by atoms with E-state index in [1.807, 2.05) is 38.4 Å². The topological polar surface area (TPSA) is 104 Å². The summed E-state index contributed by atoms with van der Waals surface area (Å²) < 4.78 is 1.56. The predicted octanol–water partition coefficient (Wildman–Crippen LogP) is 4.65. The number of benzene rings is 3. The Kier molecular flexibility index (Phi) is 9.76. The molecular formula is C34H38ClN5O3. The molecule has 3 aromatic carbocycles. The van der Waals surface area contributed by atoms with E-state index in [0.29, 0.717) is 45.0 Å². The number of aryl methyl sites for hydroxylation is 1. The van der Waals surface area contributed by atoms with Crippen molar-refractivity contribution >= 4 is 28.4 Å². The van der Waals surface area contributed by atoms with Gasteiger partial charge in [-0.2, -0.15) is 0 Å². The van der Waals surface area contributed by atoms with Crippen LogP contribution in [0.4, 0.5) is 0 Å². The van der Waals surface area contributed by atoms with Crippen molar-refractivity contribution in [2.75, 3.05) is 34.2 Å². The second-order valence-electron chi connectivity index (χ2n) is 10.7. The number of aliphatic hydroxyl groups is 1. The molecule has 4 aromatic rings. The van der Waals surface area contributed by atoms with Gasteiger partial charge in [-0.05, 0) is 91.9 Å². The minimum absolute atomic E-state index is 0.171. The fourth-order valence-electron chi connectivity index (χ4n) is 5.20. The number of nitrogens with zero attached hydrogens (tertiary/aromatic N) is 3. The van der Waals surface area contributed by atoms with Crippen LogP contribution in [-0.4, -0.2) is 59.6 Å². The van der Waals surface area contributed by atoms with Crippen molar-refractivity contribution in [3.63, 3.8) is 0 Å². The van der Waals surface area contributed by atoms with Gasteiger partial charge in [-0.25, -0.2) is 0 Å². The van der Waals surface area contributed by atoms with Gasteiger partial charge >= 0.3 is 0 Å². The summed E-state index contributed by atoms with van der Waals surface area (Å²) in [4.78, 5) is 29.4. The molecule has 0 bridgehead atoms. The first kappa shape index (κ1) is 31.6. The van der Waals surface area contributed by atoms with E-state index < -0.39 is 5.60 Å². The number of carbonyl (C=O) groups is 1. The molecule has 0 saturated heterocycles. The Morgan fingerprint density at radius 2 is 1.77 bits per heavy atom. The van der Waals surface area contributed by atoms with Crippen LogP contribution in [0.25, 0.3) is 22.0 Å². The number of aromatic nitrogens is 1. The summed E-state index contributed by atoms with van der Waals surface area (Å²) in [5.41, 5.74) is 8.19. The highest BCUT2D eigenvalue weighted by Crippen LogP contribution is 2.40. The Balaban J connectivity index is 1.86. The lowest BCUT2D eigenvalue weighted by Crippen LogP contribution is -2.37. The van der Waals surface area contributed by atoms with Crippen molar-refractivity contribution in [1.82, 2.24) is 19.7 Å². The van der Waals surface area contributed by atoms with Gasteiger partial charge in [-0.15, -0.1) is 0 Å². The molecule has 4 N–H and O–H groups in total. The molecule has 1 amide bonds. The number of pyridine rings is 1. The third-order valence-corrected chi connectivity index (χ3v) is 7.85. The first-order valence-corrected chi connectivity index (χ1v) is 14.3. The van der Waals surface area contributed by atoms with Gasteiger partial charge in [-0.3, -0.25) is 9.59 Å². The Morgan fingerprint density at radius 3 is 2.40 bits per heavy atom. The third kappa shape index (κ3) is 6.51. The summed E-state index contributed by atoms with van der Waals surface area (Å²) in [6, 6.07) is 21.1. The van der Waals surface area contributed by atoms with Crippen LogP contribution in [0.15, 0.2) is 102 Å². The van der Waals surface area contributed by atoms with Crippen LogP contribution in [0.3, 0.4) is 0 Å². The quantitative estimate of drug-likeness (QED) is 0.217. The van der Waals surface area contributed by atoms with Crippen LogP contribution < -0.4 is 16.6 Å². The zero-order valence-electron chi connectivity index (χ0n) is 25.0. The number of rotatable bonds is 11. The average Bonchev–Trinajstić information content (AvgIpc) is 3.00. The van der Waals surface area contributed by atoms with Gasteiger partial charge < -0.3 is 30.5 Å². The van der Waals surface area contributed by atoms with Gasteiger partial charge in [-0.1, -0.05) is 48.5 Å². The van der Waals surface area contributed by atoms with Crippen LogP contribution >= 0.6 is 11.6 Å². The molecule has 4 rings (SSSR count). The second-order valence-corrected chi connectivity index (χ2v) is 11.2. The van der Waals surface area contributed by atoms with Gasteiger partial charge in [0.2, 0.25) is 0 Å². The van der Waals surface area contributed by atoms with Crippen LogP contribution in [0.1, 0.15) is 27.9 Å². The third-order valence-electron chi connectivity index (χ3n) is 7.61. The van der Waals surface area contributed by atoms with Crippen LogP contribution in [0.5, 0.6) is 0 Å². The summed E-state index contributed by atoms with van der Waals surface area (Å²) in [7, 11) is 7.43. The highest BCUT2D eigenvalue weighted by molar-refractivity contribution is 6.30. The maximum absolute atomic E-state index is 12.9. The van der Waals surface area contributed by atoms with Crippen molar-refractivity contribution in [2.24, 2.45) is 12.8 Å². The minimum atomic E-state index is -1.74. The summed E-state index contributed by atoms with van der Waals surface area (Å²) in [6.07, 6.45) is 3.73. The summed E-state index contributed by atoms with van der Waals surface area (Å²) >= 11 is 6.30. The summed E-state index contributed by atoms with van der Waals surface area (Å²) in [5.74, 6) is -0.190. The Morgan fingerprint density at radius 1 is 1.07 bits per heavy atom. The molecule has 1 atom stereocenters. The van der Waals surface area contributed by atoms with E-state index in [1.54, 1.807) is 78.3 Å². The first-order chi connectivity index (χ1) is 20.5. The summed E-state index contributed by atoms with van der Waals surface area (Å²) in [6.45, 7) is 5.29. The molecule has 0 radical (unpaired) electrons. The standard InChI is InChI=1S/C34H38ClN5O3/c1-6-39(4)31(22-36)34(43,25-13-11-23(12-14-25)33(42)37-17-8-18-38(2)3)26-15-16-30-29(20-26)28(21-32(41)40(30)5)24-9-7-10-27(35)19-24/h6-7,9-16,19-22,43H,1,8,17-18,36H2,2-5H3,(H,37,42)/b31-22-. The number of amides is 1. The number of fused-ring (bicyclic) bond motifs is 1. The SMILES string of the molecule is C=CN(C)/C(=C\N)C(O)(c1ccc(C(=O)NCCCN(C)C)cc1)c1ccc2c(c1)c(-c1cccc(Cl)c1)cc(=O)n2C. The highest BCUT2D eigenvalue weighted by Gasteiger charge is 2.38. The molecule has 0 spiro atoms. The van der Waals surface area contributed by atoms with Crippen LogP contribution in [0, 0.1) is 0 Å². The first-order valence-electron chi connectivity index (χ1n) is 13.9. The predicted molar refractivity (Wildman–Crippen MR) is 175 cm³/mol. The maximum Gasteiger partial charge on any atom is 0.251 e. The van der Waals surface area contributed by atoms with Crippen molar-refractivity contribution in [3.05, 3.63) is 130 Å². The van der Waals surface area contributed by atoms with E-state index in [4.69, 9.17) is 17.3 Å². The smallest absolute Gasteiger partial charge is 0.251 e. The van der Waals surface area contributed by atoms with Crippen molar-refractivity contribution in [1.29, 1.82) is 0 Å². The molecule has 1 heterocycles. The highest BCUT2D eigenvalue weighted by atomic mass is 35.5. The van der Waals surface area contributed by atoms with Crippen molar-refractivity contribution in [2.45, 2.75) is 12.0 Å². The fraction of sp³-hybridized carbons (Fsp3) is 0.235. The van der Waals surface area contributed by atoms with E-state index >= 15 is 0 Å². The molecular weight excluding hydrogens is 562 g/mol. The van der Waals surface area contributed by atoms with E-state index in [0.717, 1.165) is 23.9 Å². The molecule has 224 valence electrons. The van der Waals surface area contributed by atoms with Crippen molar-refractivity contribution in [3.8, 4) is 11.1 Å². The number of hydrogen-bond donors (Lipinski definition) is 3. The summed E-state index contributed by atoms with van der Waals surface area (Å²) in [5, 5.41) is 16.9. The molecule has 1 unspecified atom stereocenters. The monoisotopic (exact) mass is 599 g/mol.